The number of rotatable bonds is 5. The lowest BCUT2D eigenvalue weighted by Crippen LogP contribution is -2.40. The monoisotopic (exact) mass is 273 g/mol. The molecule has 6 nitrogen and oxygen atoms in total. The van der Waals surface area contributed by atoms with E-state index in [1.807, 2.05) is 0 Å². The van der Waals surface area contributed by atoms with Crippen molar-refractivity contribution in [2.45, 2.75) is 24.5 Å². The Morgan fingerprint density at radius 3 is 2.61 bits per heavy atom. The second-order valence-electron chi connectivity index (χ2n) is 4.68. The van der Waals surface area contributed by atoms with E-state index in [1.165, 1.54) is 13.2 Å². The van der Waals surface area contributed by atoms with Gasteiger partial charge in [-0.25, -0.2) is 13.4 Å². The predicted octanol–water partition coefficient (Wildman–Crippen LogP) is 0.515. The number of aliphatic hydroxyl groups is 1. The van der Waals surface area contributed by atoms with Crippen molar-refractivity contribution in [3.05, 3.63) is 18.3 Å². The first-order chi connectivity index (χ1) is 8.18. The first-order valence-corrected chi connectivity index (χ1v) is 6.94. The largest absolute Gasteiger partial charge is 0.389 e. The van der Waals surface area contributed by atoms with Gasteiger partial charge < -0.3 is 10.4 Å². The van der Waals surface area contributed by atoms with Crippen LogP contribution < -0.4 is 5.32 Å². The topological polar surface area (TPSA) is 82.5 Å². The highest BCUT2D eigenvalue weighted by molar-refractivity contribution is 7.89. The minimum Gasteiger partial charge on any atom is -0.389 e. The highest BCUT2D eigenvalue weighted by atomic mass is 32.2. The molecule has 0 radical (unpaired) electrons. The zero-order chi connectivity index (χ0) is 14.0. The molecule has 1 aromatic heterocycles. The van der Waals surface area contributed by atoms with Crippen molar-refractivity contribution < 1.29 is 13.5 Å². The standard InChI is InChI=1S/C11H19N3O3S/c1-11(2,15)8-14(4)18(16,17)10-9(12-3)6-5-7-13-10/h5-7,12,15H,8H2,1-4H3. The van der Waals surface area contributed by atoms with E-state index in [0.717, 1.165) is 4.31 Å². The van der Waals surface area contributed by atoms with Gasteiger partial charge in [0, 0.05) is 26.8 Å². The summed E-state index contributed by atoms with van der Waals surface area (Å²) >= 11 is 0. The molecule has 1 rings (SSSR count). The molecule has 0 unspecified atom stereocenters. The third-order valence-electron chi connectivity index (χ3n) is 2.30. The summed E-state index contributed by atoms with van der Waals surface area (Å²) in [6.07, 6.45) is 1.42. The molecule has 0 aliphatic carbocycles. The summed E-state index contributed by atoms with van der Waals surface area (Å²) in [7, 11) is -0.666. The summed E-state index contributed by atoms with van der Waals surface area (Å²) in [4.78, 5) is 3.90. The number of pyridine rings is 1. The zero-order valence-electron chi connectivity index (χ0n) is 11.0. The lowest BCUT2D eigenvalue weighted by Gasteiger charge is -2.25. The number of nitrogens with one attached hydrogen (secondary N) is 1. The second kappa shape index (κ2) is 5.21. The first-order valence-electron chi connectivity index (χ1n) is 5.50. The summed E-state index contributed by atoms with van der Waals surface area (Å²) in [5.41, 5.74) is -0.670. The van der Waals surface area contributed by atoms with Crippen LogP contribution in [0, 0.1) is 0 Å². The lowest BCUT2D eigenvalue weighted by atomic mass is 10.1. The van der Waals surface area contributed by atoms with Gasteiger partial charge in [0.05, 0.1) is 11.3 Å². The molecule has 0 amide bonds. The van der Waals surface area contributed by atoms with Crippen molar-refractivity contribution in [3.63, 3.8) is 0 Å². The molecular weight excluding hydrogens is 254 g/mol. The van der Waals surface area contributed by atoms with Crippen LogP contribution >= 0.6 is 0 Å². The van der Waals surface area contributed by atoms with Gasteiger partial charge in [0.1, 0.15) is 0 Å². The maximum Gasteiger partial charge on any atom is 0.262 e. The molecule has 1 heterocycles. The smallest absolute Gasteiger partial charge is 0.262 e. The van der Waals surface area contributed by atoms with Gasteiger partial charge in [-0.15, -0.1) is 0 Å². The molecule has 1 aromatic rings. The molecule has 0 bridgehead atoms. The Hall–Kier alpha value is -1.18. The molecule has 2 N–H and O–H groups in total. The van der Waals surface area contributed by atoms with Gasteiger partial charge in [0.2, 0.25) is 0 Å². The Balaban J connectivity index is 3.14. The molecule has 0 aliphatic heterocycles. The predicted molar refractivity (Wildman–Crippen MR) is 69.9 cm³/mol. The van der Waals surface area contributed by atoms with Gasteiger partial charge in [-0.05, 0) is 26.0 Å². The van der Waals surface area contributed by atoms with Crippen molar-refractivity contribution in [1.29, 1.82) is 0 Å². The maximum atomic E-state index is 12.3. The number of aromatic nitrogens is 1. The summed E-state index contributed by atoms with van der Waals surface area (Å²) in [6, 6.07) is 3.29. The van der Waals surface area contributed by atoms with Gasteiger partial charge in [0.15, 0.2) is 5.03 Å². The summed E-state index contributed by atoms with van der Waals surface area (Å²) in [5, 5.41) is 12.4. The number of nitrogens with zero attached hydrogens (tertiary/aromatic N) is 2. The molecule has 0 fully saturated rings. The van der Waals surface area contributed by atoms with Crippen LogP contribution in [0.1, 0.15) is 13.8 Å². The van der Waals surface area contributed by atoms with Crippen LogP contribution in [0.5, 0.6) is 0 Å². The molecule has 18 heavy (non-hydrogen) atoms. The van der Waals surface area contributed by atoms with E-state index < -0.39 is 15.6 Å². The van der Waals surface area contributed by atoms with Crippen molar-refractivity contribution >= 4 is 15.7 Å². The quantitative estimate of drug-likeness (QED) is 0.817. The fourth-order valence-corrected chi connectivity index (χ4v) is 2.99. The molecular formula is C11H19N3O3S. The molecule has 7 heteroatoms. The lowest BCUT2D eigenvalue weighted by molar-refractivity contribution is 0.0639. The third kappa shape index (κ3) is 3.41. The summed E-state index contributed by atoms with van der Waals surface area (Å²) < 4.78 is 25.7. The van der Waals surface area contributed by atoms with Gasteiger partial charge in [0.25, 0.3) is 10.0 Å². The molecule has 0 atom stereocenters. The van der Waals surface area contributed by atoms with Crippen LogP contribution in [-0.4, -0.2) is 49.1 Å². The van der Waals surface area contributed by atoms with E-state index in [0.29, 0.717) is 5.69 Å². The Bertz CT molecular complexity index is 509. The average molecular weight is 273 g/mol. The number of hydrogen-bond acceptors (Lipinski definition) is 5. The number of anilines is 1. The first kappa shape index (κ1) is 14.9. The van der Waals surface area contributed by atoms with Crippen LogP contribution in [0.25, 0.3) is 0 Å². The van der Waals surface area contributed by atoms with Crippen LogP contribution in [-0.2, 0) is 10.0 Å². The molecule has 0 saturated heterocycles. The normalized spacial score (nSPS) is 12.8. The molecule has 0 aromatic carbocycles. The Labute approximate surface area is 108 Å². The maximum absolute atomic E-state index is 12.3. The van der Waals surface area contributed by atoms with E-state index in [1.54, 1.807) is 33.0 Å². The van der Waals surface area contributed by atoms with Crippen LogP contribution in [0.2, 0.25) is 0 Å². The zero-order valence-corrected chi connectivity index (χ0v) is 11.8. The van der Waals surface area contributed by atoms with Gasteiger partial charge >= 0.3 is 0 Å². The fraction of sp³-hybridized carbons (Fsp3) is 0.545. The number of hydrogen-bond donors (Lipinski definition) is 2. The van der Waals surface area contributed by atoms with E-state index in [2.05, 4.69) is 10.3 Å². The highest BCUT2D eigenvalue weighted by Gasteiger charge is 2.29. The SMILES string of the molecule is CNc1cccnc1S(=O)(=O)N(C)CC(C)(C)O. The van der Waals surface area contributed by atoms with Crippen molar-refractivity contribution in [2.24, 2.45) is 0 Å². The van der Waals surface area contributed by atoms with Gasteiger partial charge in [-0.3, -0.25) is 0 Å². The Morgan fingerprint density at radius 2 is 2.11 bits per heavy atom. The highest BCUT2D eigenvalue weighted by Crippen LogP contribution is 2.21. The van der Waals surface area contributed by atoms with Gasteiger partial charge in [-0.1, -0.05) is 0 Å². The fourth-order valence-electron chi connectivity index (χ4n) is 1.56. The van der Waals surface area contributed by atoms with E-state index in [9.17, 15) is 13.5 Å². The second-order valence-corrected chi connectivity index (χ2v) is 6.64. The molecule has 0 saturated carbocycles. The van der Waals surface area contributed by atoms with E-state index in [-0.39, 0.29) is 11.6 Å². The molecule has 0 aliphatic rings. The van der Waals surface area contributed by atoms with Crippen LogP contribution in [0.4, 0.5) is 5.69 Å². The van der Waals surface area contributed by atoms with Crippen molar-refractivity contribution in [2.75, 3.05) is 26.0 Å². The minimum atomic E-state index is -3.72. The molecule has 0 spiro atoms. The van der Waals surface area contributed by atoms with Crippen molar-refractivity contribution in [1.82, 2.24) is 9.29 Å². The summed E-state index contributed by atoms with van der Waals surface area (Å²) in [5.74, 6) is 0. The third-order valence-corrected chi connectivity index (χ3v) is 4.07. The average Bonchev–Trinajstić information content (AvgIpc) is 2.26. The molecule has 102 valence electrons. The van der Waals surface area contributed by atoms with E-state index in [4.69, 9.17) is 0 Å². The Kier molecular flexibility index (Phi) is 4.31. The number of sulfonamides is 1. The Morgan fingerprint density at radius 1 is 1.50 bits per heavy atom. The van der Waals surface area contributed by atoms with Gasteiger partial charge in [-0.2, -0.15) is 4.31 Å². The van der Waals surface area contributed by atoms with Crippen LogP contribution in [0.3, 0.4) is 0 Å². The minimum absolute atomic E-state index is 0.00490. The van der Waals surface area contributed by atoms with E-state index >= 15 is 0 Å². The summed E-state index contributed by atoms with van der Waals surface area (Å²) in [6.45, 7) is 3.10. The van der Waals surface area contributed by atoms with Crippen LogP contribution in [0.15, 0.2) is 23.4 Å². The van der Waals surface area contributed by atoms with Crippen molar-refractivity contribution in [3.8, 4) is 0 Å². The number of likely N-dealkylation sites (N-methyl/N-ethyl adjacent to an activating group) is 1.